The Hall–Kier alpha value is -4.63. The van der Waals surface area contributed by atoms with Crippen LogP contribution in [0.15, 0.2) is 95.8 Å². The second kappa shape index (κ2) is 12.4. The number of para-hydroxylation sites is 1. The summed E-state index contributed by atoms with van der Waals surface area (Å²) in [5, 5.41) is 15.0. The third-order valence-electron chi connectivity index (χ3n) is 6.25. The predicted molar refractivity (Wildman–Crippen MR) is 147 cm³/mol. The number of unbranched alkanes of at least 4 members (excludes halogenated alkanes) is 1. The summed E-state index contributed by atoms with van der Waals surface area (Å²) in [4.78, 5) is 25.8. The highest BCUT2D eigenvalue weighted by atomic mass is 16.2. The Morgan fingerprint density at radius 2 is 1.65 bits per heavy atom. The van der Waals surface area contributed by atoms with Crippen LogP contribution < -0.4 is 16.2 Å². The molecule has 0 fully saturated rings. The monoisotopic (exact) mass is 490 g/mol. The molecule has 0 saturated heterocycles. The first-order valence-corrected chi connectivity index (χ1v) is 12.5. The van der Waals surface area contributed by atoms with Crippen molar-refractivity contribution in [2.24, 2.45) is 0 Å². The van der Waals surface area contributed by atoms with Crippen molar-refractivity contribution in [3.63, 3.8) is 0 Å². The fourth-order valence-electron chi connectivity index (χ4n) is 4.22. The number of aryl methyl sites for hydroxylation is 1. The van der Waals surface area contributed by atoms with E-state index in [2.05, 4.69) is 23.6 Å². The average molecular weight is 491 g/mol. The number of benzene rings is 3. The molecule has 2 amide bonds. The average Bonchev–Trinajstić information content (AvgIpc) is 2.93. The molecule has 0 aliphatic carbocycles. The summed E-state index contributed by atoms with van der Waals surface area (Å²) in [5.41, 5.74) is 5.56. The summed E-state index contributed by atoms with van der Waals surface area (Å²) in [7, 11) is 0. The van der Waals surface area contributed by atoms with E-state index in [1.54, 1.807) is 16.7 Å². The van der Waals surface area contributed by atoms with Crippen LogP contribution in [0.2, 0.25) is 0 Å². The van der Waals surface area contributed by atoms with E-state index < -0.39 is 0 Å². The minimum Gasteiger partial charge on any atom is -0.334 e. The van der Waals surface area contributed by atoms with Crippen LogP contribution in [-0.4, -0.2) is 10.6 Å². The molecule has 186 valence electrons. The second-order valence-corrected chi connectivity index (χ2v) is 8.87. The first-order valence-electron chi connectivity index (χ1n) is 12.5. The second-order valence-electron chi connectivity index (χ2n) is 8.87. The molecular formula is C31H30N4O2. The molecule has 0 saturated carbocycles. The Morgan fingerprint density at radius 1 is 0.919 bits per heavy atom. The van der Waals surface area contributed by atoms with E-state index in [4.69, 9.17) is 0 Å². The topological polar surface area (TPSA) is 86.9 Å². The van der Waals surface area contributed by atoms with Gasteiger partial charge in [-0.3, -0.25) is 4.79 Å². The molecular weight excluding hydrogens is 460 g/mol. The number of hydrogen-bond acceptors (Lipinski definition) is 3. The largest absolute Gasteiger partial charge is 0.334 e. The summed E-state index contributed by atoms with van der Waals surface area (Å²) in [6.45, 7) is 2.70. The lowest BCUT2D eigenvalue weighted by molar-refractivity contribution is 0.251. The molecule has 0 aliphatic rings. The van der Waals surface area contributed by atoms with Gasteiger partial charge in [-0.2, -0.15) is 5.26 Å². The molecule has 0 atom stereocenters. The number of aromatic nitrogens is 1. The molecule has 6 heteroatoms. The van der Waals surface area contributed by atoms with Gasteiger partial charge in [0.05, 0.1) is 18.2 Å². The molecule has 3 aromatic carbocycles. The normalized spacial score (nSPS) is 10.5. The Balaban J connectivity index is 1.53. The number of nitrogens with one attached hydrogen (secondary N) is 2. The maximum absolute atomic E-state index is 13.5. The van der Waals surface area contributed by atoms with Gasteiger partial charge in [0.1, 0.15) is 0 Å². The predicted octanol–water partition coefficient (Wildman–Crippen LogP) is 6.10. The van der Waals surface area contributed by atoms with Gasteiger partial charge in [-0.25, -0.2) is 4.79 Å². The number of anilines is 1. The molecule has 6 nitrogen and oxygen atoms in total. The highest BCUT2D eigenvalue weighted by Gasteiger charge is 2.12. The molecule has 1 aromatic heterocycles. The van der Waals surface area contributed by atoms with Crippen molar-refractivity contribution in [3.05, 3.63) is 124 Å². The van der Waals surface area contributed by atoms with Crippen molar-refractivity contribution in [1.29, 1.82) is 5.26 Å². The highest BCUT2D eigenvalue weighted by Crippen LogP contribution is 2.24. The van der Waals surface area contributed by atoms with Crippen molar-refractivity contribution < 1.29 is 4.79 Å². The maximum Gasteiger partial charge on any atom is 0.319 e. The van der Waals surface area contributed by atoms with Crippen LogP contribution in [0, 0.1) is 11.3 Å². The molecule has 0 spiro atoms. The van der Waals surface area contributed by atoms with Crippen LogP contribution in [0.4, 0.5) is 10.5 Å². The standard InChI is InChI=1S/C31H30N4O2/c1-2-3-12-28-19-18-26(21-33-31(37)34-27-10-5-4-6-11-27)30(36)35(28)22-23-14-16-24(17-15-23)29-13-8-7-9-25(29)20-32/h4-11,13-19H,2-3,12,21-22H2,1H3,(H2,33,34,37). The summed E-state index contributed by atoms with van der Waals surface area (Å²) in [6.07, 6.45) is 2.83. The number of nitriles is 1. The third-order valence-corrected chi connectivity index (χ3v) is 6.25. The number of carbonyl (C=O) groups excluding carboxylic acids is 1. The zero-order chi connectivity index (χ0) is 26.0. The van der Waals surface area contributed by atoms with Crippen molar-refractivity contribution >= 4 is 11.7 Å². The van der Waals surface area contributed by atoms with Crippen LogP contribution >= 0.6 is 0 Å². The van der Waals surface area contributed by atoms with Gasteiger partial charge in [-0.15, -0.1) is 0 Å². The zero-order valence-corrected chi connectivity index (χ0v) is 20.9. The maximum atomic E-state index is 13.5. The van der Waals surface area contributed by atoms with Crippen LogP contribution in [-0.2, 0) is 19.5 Å². The lowest BCUT2D eigenvalue weighted by Gasteiger charge is -2.16. The Labute approximate surface area is 217 Å². The smallest absolute Gasteiger partial charge is 0.319 e. The molecule has 0 bridgehead atoms. The van der Waals surface area contributed by atoms with Gasteiger partial charge >= 0.3 is 6.03 Å². The SMILES string of the molecule is CCCCc1ccc(CNC(=O)Nc2ccccc2)c(=O)n1Cc1ccc(-c2ccccc2C#N)cc1. The minimum absolute atomic E-state index is 0.104. The fourth-order valence-corrected chi connectivity index (χ4v) is 4.22. The number of rotatable bonds is 9. The van der Waals surface area contributed by atoms with Crippen LogP contribution in [0.5, 0.6) is 0 Å². The lowest BCUT2D eigenvalue weighted by atomic mass is 9.99. The van der Waals surface area contributed by atoms with Gasteiger partial charge in [0.25, 0.3) is 5.56 Å². The Kier molecular flexibility index (Phi) is 8.51. The van der Waals surface area contributed by atoms with Gasteiger partial charge in [0.15, 0.2) is 0 Å². The van der Waals surface area contributed by atoms with E-state index >= 15 is 0 Å². The van der Waals surface area contributed by atoms with Gasteiger partial charge in [-0.05, 0) is 59.9 Å². The number of pyridine rings is 1. The van der Waals surface area contributed by atoms with E-state index in [0.717, 1.165) is 41.6 Å². The number of carbonyl (C=O) groups is 1. The molecule has 0 unspecified atom stereocenters. The van der Waals surface area contributed by atoms with E-state index in [9.17, 15) is 14.9 Å². The van der Waals surface area contributed by atoms with Crippen LogP contribution in [0.1, 0.15) is 42.1 Å². The molecule has 4 aromatic rings. The summed E-state index contributed by atoms with van der Waals surface area (Å²) in [6, 6.07) is 30.4. The van der Waals surface area contributed by atoms with Gasteiger partial charge in [0, 0.05) is 23.5 Å². The van der Waals surface area contributed by atoms with Crippen LogP contribution in [0.3, 0.4) is 0 Å². The van der Waals surface area contributed by atoms with Crippen molar-refractivity contribution in [1.82, 2.24) is 9.88 Å². The fraction of sp³-hybridized carbons (Fsp3) is 0.194. The third kappa shape index (κ3) is 6.53. The Morgan fingerprint density at radius 3 is 2.38 bits per heavy atom. The Bertz CT molecular complexity index is 1450. The highest BCUT2D eigenvalue weighted by molar-refractivity contribution is 5.89. The first kappa shape index (κ1) is 25.5. The summed E-state index contributed by atoms with van der Waals surface area (Å²) in [5.74, 6) is 0. The van der Waals surface area contributed by atoms with Gasteiger partial charge in [0.2, 0.25) is 0 Å². The number of hydrogen-bond donors (Lipinski definition) is 2. The molecule has 0 radical (unpaired) electrons. The van der Waals surface area contributed by atoms with Crippen molar-refractivity contribution in [3.8, 4) is 17.2 Å². The summed E-state index contributed by atoms with van der Waals surface area (Å²) < 4.78 is 1.81. The minimum atomic E-state index is -0.361. The van der Waals surface area contributed by atoms with Gasteiger partial charge < -0.3 is 15.2 Å². The van der Waals surface area contributed by atoms with E-state index in [1.807, 2.05) is 78.9 Å². The van der Waals surface area contributed by atoms with Gasteiger partial charge in [-0.1, -0.05) is 74.0 Å². The van der Waals surface area contributed by atoms with Crippen molar-refractivity contribution in [2.45, 2.75) is 39.3 Å². The number of amides is 2. The molecule has 1 heterocycles. The van der Waals surface area contributed by atoms with E-state index in [1.165, 1.54) is 0 Å². The van der Waals surface area contributed by atoms with E-state index in [-0.39, 0.29) is 18.1 Å². The molecule has 0 aliphatic heterocycles. The molecule has 2 N–H and O–H groups in total. The number of urea groups is 1. The molecule has 37 heavy (non-hydrogen) atoms. The van der Waals surface area contributed by atoms with Crippen molar-refractivity contribution in [2.75, 3.05) is 5.32 Å². The first-order chi connectivity index (χ1) is 18.1. The zero-order valence-electron chi connectivity index (χ0n) is 20.9. The summed E-state index contributed by atoms with van der Waals surface area (Å²) >= 11 is 0. The quantitative estimate of drug-likeness (QED) is 0.297. The van der Waals surface area contributed by atoms with E-state index in [0.29, 0.717) is 23.4 Å². The lowest BCUT2D eigenvalue weighted by Crippen LogP contribution is -2.33. The van der Waals surface area contributed by atoms with Crippen LogP contribution in [0.25, 0.3) is 11.1 Å². The molecule has 4 rings (SSSR count). The number of nitrogens with zero attached hydrogens (tertiary/aromatic N) is 2.